The first-order chi connectivity index (χ1) is 11.2. The first-order valence-corrected chi connectivity index (χ1v) is 8.06. The van der Waals surface area contributed by atoms with Crippen LogP contribution in [0.15, 0.2) is 35.9 Å². The van der Waals surface area contributed by atoms with Crippen LogP contribution in [0.4, 0.5) is 0 Å². The van der Waals surface area contributed by atoms with Crippen molar-refractivity contribution >= 4 is 17.7 Å². The normalized spacial score (nSPS) is 17.0. The molecule has 0 spiro atoms. The molecule has 0 atom stereocenters. The van der Waals surface area contributed by atoms with Crippen molar-refractivity contribution in [2.75, 3.05) is 13.1 Å². The zero-order chi connectivity index (χ0) is 16.2. The van der Waals surface area contributed by atoms with Gasteiger partial charge in [0.2, 0.25) is 5.91 Å². The standard InChI is InChI=1S/C18H20N2O3/c21-16(19-11-10-13-6-2-1-3-7-13)12-20-17(22)14-8-4-5-9-15(14)18(20)23/h4-6,8-9H,1-3,7,10-12H2,(H,19,21). The Morgan fingerprint density at radius 2 is 1.78 bits per heavy atom. The minimum absolute atomic E-state index is 0.217. The van der Waals surface area contributed by atoms with E-state index in [0.29, 0.717) is 17.7 Å². The molecular weight excluding hydrogens is 292 g/mol. The molecule has 3 amide bonds. The van der Waals surface area contributed by atoms with E-state index in [4.69, 9.17) is 0 Å². The molecule has 1 N–H and O–H groups in total. The van der Waals surface area contributed by atoms with Crippen LogP contribution >= 0.6 is 0 Å². The average Bonchev–Trinajstić information content (AvgIpc) is 2.81. The molecule has 0 fully saturated rings. The number of carbonyl (C=O) groups is 3. The van der Waals surface area contributed by atoms with E-state index in [1.165, 1.54) is 18.4 Å². The van der Waals surface area contributed by atoms with Gasteiger partial charge in [0, 0.05) is 6.54 Å². The van der Waals surface area contributed by atoms with Crippen LogP contribution in [0.2, 0.25) is 0 Å². The Kier molecular flexibility index (Phi) is 4.55. The molecule has 0 unspecified atom stereocenters. The molecule has 0 radical (unpaired) electrons. The fourth-order valence-corrected chi connectivity index (χ4v) is 3.08. The van der Waals surface area contributed by atoms with Crippen LogP contribution in [0, 0.1) is 0 Å². The number of hydrogen-bond donors (Lipinski definition) is 1. The second kappa shape index (κ2) is 6.77. The monoisotopic (exact) mass is 312 g/mol. The lowest BCUT2D eigenvalue weighted by Gasteiger charge is -2.15. The van der Waals surface area contributed by atoms with Gasteiger partial charge in [-0.1, -0.05) is 23.8 Å². The molecule has 1 aliphatic carbocycles. The summed E-state index contributed by atoms with van der Waals surface area (Å²) < 4.78 is 0. The van der Waals surface area contributed by atoms with Gasteiger partial charge in [0.1, 0.15) is 6.54 Å². The van der Waals surface area contributed by atoms with Crippen LogP contribution in [-0.2, 0) is 4.79 Å². The molecule has 0 bridgehead atoms. The van der Waals surface area contributed by atoms with Crippen molar-refractivity contribution < 1.29 is 14.4 Å². The van der Waals surface area contributed by atoms with Crippen LogP contribution in [0.25, 0.3) is 0 Å². The summed E-state index contributed by atoms with van der Waals surface area (Å²) in [5.41, 5.74) is 2.13. The molecule has 23 heavy (non-hydrogen) atoms. The lowest BCUT2D eigenvalue weighted by molar-refractivity contribution is -0.121. The van der Waals surface area contributed by atoms with Gasteiger partial charge in [0.25, 0.3) is 11.8 Å². The molecule has 5 nitrogen and oxygen atoms in total. The third kappa shape index (κ3) is 3.33. The number of imide groups is 1. The van der Waals surface area contributed by atoms with Gasteiger partial charge in [-0.2, -0.15) is 0 Å². The highest BCUT2D eigenvalue weighted by Gasteiger charge is 2.36. The average molecular weight is 312 g/mol. The number of fused-ring (bicyclic) bond motifs is 1. The SMILES string of the molecule is O=C(CN1C(=O)c2ccccc2C1=O)NCCC1=CCCCC1. The highest BCUT2D eigenvalue weighted by molar-refractivity contribution is 6.22. The van der Waals surface area contributed by atoms with Crippen LogP contribution in [0.1, 0.15) is 52.8 Å². The van der Waals surface area contributed by atoms with Gasteiger partial charge in [0.15, 0.2) is 0 Å². The van der Waals surface area contributed by atoms with E-state index in [0.717, 1.165) is 24.2 Å². The highest BCUT2D eigenvalue weighted by atomic mass is 16.2. The smallest absolute Gasteiger partial charge is 0.262 e. The Hall–Kier alpha value is -2.43. The lowest BCUT2D eigenvalue weighted by Crippen LogP contribution is -2.40. The van der Waals surface area contributed by atoms with Crippen molar-refractivity contribution in [2.45, 2.75) is 32.1 Å². The molecule has 1 heterocycles. The Bertz CT molecular complexity index is 644. The Labute approximate surface area is 135 Å². The lowest BCUT2D eigenvalue weighted by atomic mass is 9.97. The summed E-state index contributed by atoms with van der Waals surface area (Å²) in [6.45, 7) is 0.333. The third-order valence-corrected chi connectivity index (χ3v) is 4.33. The van der Waals surface area contributed by atoms with E-state index < -0.39 is 11.8 Å². The first-order valence-electron chi connectivity index (χ1n) is 8.06. The van der Waals surface area contributed by atoms with Gasteiger partial charge < -0.3 is 5.32 Å². The number of benzene rings is 1. The van der Waals surface area contributed by atoms with E-state index in [-0.39, 0.29) is 12.5 Å². The van der Waals surface area contributed by atoms with Crippen molar-refractivity contribution in [1.29, 1.82) is 0 Å². The van der Waals surface area contributed by atoms with Crippen molar-refractivity contribution in [1.82, 2.24) is 10.2 Å². The quantitative estimate of drug-likeness (QED) is 0.670. The topological polar surface area (TPSA) is 66.5 Å². The first kappa shape index (κ1) is 15.5. The fraction of sp³-hybridized carbons (Fsp3) is 0.389. The summed E-state index contributed by atoms with van der Waals surface area (Å²) >= 11 is 0. The van der Waals surface area contributed by atoms with Crippen molar-refractivity contribution in [3.05, 3.63) is 47.0 Å². The largest absolute Gasteiger partial charge is 0.354 e. The number of hydrogen-bond acceptors (Lipinski definition) is 3. The number of allylic oxidation sites excluding steroid dienone is 1. The summed E-state index contributed by atoms with van der Waals surface area (Å²) in [4.78, 5) is 37.4. The summed E-state index contributed by atoms with van der Waals surface area (Å²) in [7, 11) is 0. The van der Waals surface area contributed by atoms with E-state index in [1.807, 2.05) is 0 Å². The summed E-state index contributed by atoms with van der Waals surface area (Å²) in [5, 5.41) is 2.80. The van der Waals surface area contributed by atoms with E-state index in [9.17, 15) is 14.4 Å². The third-order valence-electron chi connectivity index (χ3n) is 4.33. The number of nitrogens with one attached hydrogen (secondary N) is 1. The number of carbonyl (C=O) groups excluding carboxylic acids is 3. The minimum Gasteiger partial charge on any atom is -0.354 e. The molecule has 1 aromatic rings. The summed E-state index contributed by atoms with van der Waals surface area (Å²) in [6, 6.07) is 6.66. The van der Waals surface area contributed by atoms with Crippen LogP contribution in [0.3, 0.4) is 0 Å². The Morgan fingerprint density at radius 3 is 2.39 bits per heavy atom. The van der Waals surface area contributed by atoms with E-state index >= 15 is 0 Å². The van der Waals surface area contributed by atoms with Gasteiger partial charge in [-0.05, 0) is 44.2 Å². The maximum atomic E-state index is 12.2. The van der Waals surface area contributed by atoms with Crippen LogP contribution < -0.4 is 5.32 Å². The number of rotatable bonds is 5. The minimum atomic E-state index is -0.393. The molecule has 1 aliphatic heterocycles. The molecule has 1 aromatic carbocycles. The molecule has 0 saturated heterocycles. The Balaban J connectivity index is 1.52. The molecule has 3 rings (SSSR count). The molecular formula is C18H20N2O3. The van der Waals surface area contributed by atoms with Crippen LogP contribution in [-0.4, -0.2) is 35.7 Å². The van der Waals surface area contributed by atoms with E-state index in [1.54, 1.807) is 24.3 Å². The van der Waals surface area contributed by atoms with E-state index in [2.05, 4.69) is 11.4 Å². The number of amides is 3. The zero-order valence-electron chi connectivity index (χ0n) is 13.0. The Morgan fingerprint density at radius 1 is 1.09 bits per heavy atom. The van der Waals surface area contributed by atoms with Crippen molar-refractivity contribution in [2.24, 2.45) is 0 Å². The van der Waals surface area contributed by atoms with Crippen LogP contribution in [0.5, 0.6) is 0 Å². The van der Waals surface area contributed by atoms with Gasteiger partial charge in [-0.15, -0.1) is 0 Å². The molecule has 0 aromatic heterocycles. The molecule has 120 valence electrons. The summed E-state index contributed by atoms with van der Waals surface area (Å²) in [6.07, 6.45) is 7.78. The fourth-order valence-electron chi connectivity index (χ4n) is 3.08. The van der Waals surface area contributed by atoms with Gasteiger partial charge in [-0.25, -0.2) is 0 Å². The van der Waals surface area contributed by atoms with Gasteiger partial charge in [-0.3, -0.25) is 19.3 Å². The molecule has 5 heteroatoms. The van der Waals surface area contributed by atoms with Gasteiger partial charge >= 0.3 is 0 Å². The second-order valence-electron chi connectivity index (χ2n) is 5.95. The summed E-state index contributed by atoms with van der Waals surface area (Å²) in [5.74, 6) is -1.08. The highest BCUT2D eigenvalue weighted by Crippen LogP contribution is 2.22. The second-order valence-corrected chi connectivity index (χ2v) is 5.95. The van der Waals surface area contributed by atoms with Crippen molar-refractivity contribution in [3.63, 3.8) is 0 Å². The maximum Gasteiger partial charge on any atom is 0.262 e. The predicted octanol–water partition coefficient (Wildman–Crippen LogP) is 2.29. The van der Waals surface area contributed by atoms with Crippen molar-refractivity contribution in [3.8, 4) is 0 Å². The predicted molar refractivity (Wildman–Crippen MR) is 86.0 cm³/mol. The maximum absolute atomic E-state index is 12.2. The van der Waals surface area contributed by atoms with Gasteiger partial charge in [0.05, 0.1) is 11.1 Å². The number of nitrogens with zero attached hydrogens (tertiary/aromatic N) is 1. The molecule has 2 aliphatic rings. The zero-order valence-corrected chi connectivity index (χ0v) is 13.0. The molecule has 0 saturated carbocycles.